The molecule has 2 unspecified atom stereocenters. The number of nitrogens with zero attached hydrogens (tertiary/aromatic N) is 3. The molecule has 0 spiro atoms. The highest BCUT2D eigenvalue weighted by Gasteiger charge is 2.39. The first kappa shape index (κ1) is 43.2. The molecule has 3 aliphatic rings. The molecule has 0 saturated carbocycles. The second-order valence-corrected chi connectivity index (χ2v) is 25.3. The average molecular weight is 988 g/mol. The van der Waals surface area contributed by atoms with Gasteiger partial charge < -0.3 is 22.8 Å². The van der Waals surface area contributed by atoms with Crippen molar-refractivity contribution in [2.24, 2.45) is 0 Å². The summed E-state index contributed by atoms with van der Waals surface area (Å²) < 4.78 is 39.0. The zero-order chi connectivity index (χ0) is 49.1. The van der Waals surface area contributed by atoms with E-state index in [1.54, 1.807) is 0 Å². The highest BCUT2D eigenvalue weighted by atomic mass is 31.2. The molecule has 0 radical (unpaired) electrons. The third-order valence-corrected chi connectivity index (χ3v) is 22.1. The number of benzene rings is 9. The summed E-state index contributed by atoms with van der Waals surface area (Å²) in [4.78, 5) is 0. The van der Waals surface area contributed by atoms with Crippen LogP contribution in [0.25, 0.3) is 77.7 Å². The maximum atomic E-state index is 15.8. The lowest BCUT2D eigenvalue weighted by Gasteiger charge is -2.24. The second-order valence-electron chi connectivity index (χ2n) is 19.7. The van der Waals surface area contributed by atoms with Gasteiger partial charge in [-0.25, -0.2) is 0 Å². The fraction of sp³-hybridized carbons (Fsp3) is 0.0448. The van der Waals surface area contributed by atoms with Gasteiger partial charge in [-0.3, -0.25) is 0 Å². The lowest BCUT2D eigenvalue weighted by Crippen LogP contribution is -2.24. The first-order chi connectivity index (χ1) is 36.5. The molecule has 0 fully saturated rings. The van der Waals surface area contributed by atoms with Crippen molar-refractivity contribution in [3.8, 4) is 17.1 Å². The van der Waals surface area contributed by atoms with E-state index in [4.69, 9.17) is 0 Å². The molecular formula is C67H47N3O2P2. The van der Waals surface area contributed by atoms with Crippen molar-refractivity contribution in [2.45, 2.75) is 18.8 Å². The molecule has 7 heteroatoms. The number of aromatic nitrogens is 3. The van der Waals surface area contributed by atoms with Gasteiger partial charge in [-0.05, 0) is 96.5 Å². The maximum Gasteiger partial charge on any atom is 0.171 e. The predicted octanol–water partition coefficient (Wildman–Crippen LogP) is 15.1. The highest BCUT2D eigenvalue weighted by Crippen LogP contribution is 2.57. The Hall–Kier alpha value is -8.46. The number of fused-ring (bicyclic) bond motifs is 14. The van der Waals surface area contributed by atoms with Crippen molar-refractivity contribution < 1.29 is 9.13 Å². The number of hydrogen-bond acceptors (Lipinski definition) is 2. The van der Waals surface area contributed by atoms with Crippen LogP contribution in [0.15, 0.2) is 260 Å². The van der Waals surface area contributed by atoms with Crippen molar-refractivity contribution in [2.75, 3.05) is 0 Å². The normalized spacial score (nSPS) is 15.9. The Morgan fingerprint density at radius 2 is 0.865 bits per heavy atom. The lowest BCUT2D eigenvalue weighted by molar-refractivity contribution is 0.589. The van der Waals surface area contributed by atoms with Gasteiger partial charge in [0.2, 0.25) is 0 Å². The van der Waals surface area contributed by atoms with E-state index in [-0.39, 0.29) is 5.92 Å². The molecule has 0 saturated heterocycles. The molecule has 9 aromatic carbocycles. The summed E-state index contributed by atoms with van der Waals surface area (Å²) in [7, 11) is -6.40. The van der Waals surface area contributed by atoms with Gasteiger partial charge in [0.1, 0.15) is 0 Å². The fourth-order valence-electron chi connectivity index (χ4n) is 12.4. The van der Waals surface area contributed by atoms with Crippen molar-refractivity contribution in [3.63, 3.8) is 0 Å². The lowest BCUT2D eigenvalue weighted by atomic mass is 9.96. The highest BCUT2D eigenvalue weighted by molar-refractivity contribution is 7.85. The SMILES string of the molecule is O=P(C1=CC=CCC1)(c1ccccc1)c1ccc(-n2c3ccccc3c3c4c(c5ccccc5n4-c4ccc(P(=O)(c5ccccc5)c5ccccc5)cc4)c4c5c(n(-c6ccccc6)c4c32)C2C=C2C=C5)cc1. The van der Waals surface area contributed by atoms with E-state index < -0.39 is 14.3 Å². The number of para-hydroxylation sites is 3. The number of allylic oxidation sites excluding steroid dienone is 7. The molecule has 0 N–H and O–H groups in total. The van der Waals surface area contributed by atoms with Crippen LogP contribution in [0.3, 0.4) is 0 Å². The van der Waals surface area contributed by atoms with E-state index in [0.717, 1.165) is 100 Å². The van der Waals surface area contributed by atoms with Crippen molar-refractivity contribution in [3.05, 3.63) is 271 Å². The van der Waals surface area contributed by atoms with E-state index in [2.05, 4.69) is 178 Å². The molecule has 2 atom stereocenters. The van der Waals surface area contributed by atoms with Crippen LogP contribution in [0, 0.1) is 0 Å². The van der Waals surface area contributed by atoms with Crippen LogP contribution in [0.2, 0.25) is 0 Å². The van der Waals surface area contributed by atoms with Gasteiger partial charge in [0.25, 0.3) is 0 Å². The van der Waals surface area contributed by atoms with Gasteiger partial charge >= 0.3 is 0 Å². The molecule has 3 heterocycles. The van der Waals surface area contributed by atoms with E-state index in [0.29, 0.717) is 0 Å². The Morgan fingerprint density at radius 1 is 0.405 bits per heavy atom. The molecule has 5 nitrogen and oxygen atoms in total. The summed E-state index contributed by atoms with van der Waals surface area (Å²) in [6.07, 6.45) is 15.0. The smallest absolute Gasteiger partial charge is 0.171 e. The molecule has 352 valence electrons. The van der Waals surface area contributed by atoms with Crippen LogP contribution in [0.5, 0.6) is 0 Å². The minimum Gasteiger partial charge on any atom is -0.310 e. The number of rotatable bonds is 9. The molecule has 12 aromatic rings. The third-order valence-electron chi connectivity index (χ3n) is 15.8. The molecule has 74 heavy (non-hydrogen) atoms. The van der Waals surface area contributed by atoms with Crippen LogP contribution in [0.1, 0.15) is 30.0 Å². The van der Waals surface area contributed by atoms with E-state index in [9.17, 15) is 0 Å². The van der Waals surface area contributed by atoms with Gasteiger partial charge in [-0.2, -0.15) is 0 Å². The molecule has 3 aromatic heterocycles. The molecule has 3 aliphatic carbocycles. The first-order valence-electron chi connectivity index (χ1n) is 25.5. The van der Waals surface area contributed by atoms with Gasteiger partial charge in [0.05, 0.1) is 27.6 Å². The van der Waals surface area contributed by atoms with Gasteiger partial charge in [-0.1, -0.05) is 182 Å². The molecular weight excluding hydrogens is 941 g/mol. The minimum absolute atomic E-state index is 0.201. The Balaban J connectivity index is 1.06. The molecule has 0 bridgehead atoms. The minimum atomic E-state index is -3.24. The quantitative estimate of drug-likeness (QED) is 0.135. The van der Waals surface area contributed by atoms with Crippen LogP contribution in [-0.2, 0) is 9.13 Å². The van der Waals surface area contributed by atoms with Crippen LogP contribution in [0.4, 0.5) is 0 Å². The van der Waals surface area contributed by atoms with Crippen molar-refractivity contribution in [1.82, 2.24) is 13.7 Å². The maximum absolute atomic E-state index is 15.8. The third kappa shape index (κ3) is 6.18. The first-order valence-corrected chi connectivity index (χ1v) is 28.9. The average Bonchev–Trinajstić information content (AvgIpc) is 3.96. The van der Waals surface area contributed by atoms with Gasteiger partial charge in [-0.15, -0.1) is 0 Å². The zero-order valence-electron chi connectivity index (χ0n) is 40.3. The predicted molar refractivity (Wildman–Crippen MR) is 311 cm³/mol. The summed E-state index contributed by atoms with van der Waals surface area (Å²) in [5.74, 6) is 0.201. The van der Waals surface area contributed by atoms with E-state index >= 15 is 9.13 Å². The fourth-order valence-corrected chi connectivity index (χ4v) is 17.9. The summed E-state index contributed by atoms with van der Waals surface area (Å²) in [6.45, 7) is 0. The Labute approximate surface area is 428 Å². The largest absolute Gasteiger partial charge is 0.310 e. The Kier molecular flexibility index (Phi) is 9.64. The summed E-state index contributed by atoms with van der Waals surface area (Å²) in [5.41, 5.74) is 12.5. The molecule has 0 amide bonds. The summed E-state index contributed by atoms with van der Waals surface area (Å²) in [5, 5.41) is 10.9. The van der Waals surface area contributed by atoms with E-state index in [1.807, 2.05) is 91.0 Å². The number of hydrogen-bond donors (Lipinski definition) is 0. The van der Waals surface area contributed by atoms with Crippen LogP contribution >= 0.6 is 14.3 Å². The molecule has 0 aliphatic heterocycles. The van der Waals surface area contributed by atoms with Crippen LogP contribution in [-0.4, -0.2) is 13.7 Å². The topological polar surface area (TPSA) is 48.9 Å². The van der Waals surface area contributed by atoms with Crippen LogP contribution < -0.4 is 26.5 Å². The summed E-state index contributed by atoms with van der Waals surface area (Å²) >= 11 is 0. The monoisotopic (exact) mass is 987 g/mol. The Morgan fingerprint density at radius 3 is 1.43 bits per heavy atom. The van der Waals surface area contributed by atoms with E-state index in [1.165, 1.54) is 33.0 Å². The standard InChI is InChI=1S/C67H47N3O2P2/c71-73(49-22-8-2-9-23-49,50-24-10-3-11-25-50)53-39-35-47(36-40-53)68-59-32-18-16-30-55(59)61-62-57-43-34-45-44-58(45)64(57)70(46-20-6-1-7-21-46)66(62)67-63(65(61)68)56-31-17-19-33-60(56)69(67)48-37-41-54(42-38-48)74(72,51-26-12-4-13-27-51)52-28-14-5-15-29-52/h1-14,16-28,30-44,58H,15,29H2. The van der Waals surface area contributed by atoms with Gasteiger partial charge in [0.15, 0.2) is 14.3 Å². The van der Waals surface area contributed by atoms with Gasteiger partial charge in [0, 0.05) is 87.7 Å². The second kappa shape index (κ2) is 16.5. The molecule has 15 rings (SSSR count). The van der Waals surface area contributed by atoms with Crippen molar-refractivity contribution >= 4 is 101 Å². The van der Waals surface area contributed by atoms with Crippen molar-refractivity contribution in [1.29, 1.82) is 0 Å². The summed E-state index contributed by atoms with van der Waals surface area (Å²) in [6, 6.07) is 75.5. The Bertz CT molecular complexity index is 4460. The zero-order valence-corrected chi connectivity index (χ0v) is 42.1.